The van der Waals surface area contributed by atoms with Crippen LogP contribution in [0, 0.1) is 5.41 Å². The van der Waals surface area contributed by atoms with E-state index in [1.807, 2.05) is 6.08 Å². The van der Waals surface area contributed by atoms with Crippen molar-refractivity contribution in [3.05, 3.63) is 11.6 Å². The zero-order chi connectivity index (χ0) is 12.6. The van der Waals surface area contributed by atoms with Gasteiger partial charge in [-0.3, -0.25) is 14.5 Å². The number of carbonyl (C=O) groups is 2. The summed E-state index contributed by atoms with van der Waals surface area (Å²) in [6.07, 6.45) is 5.68. The first kappa shape index (κ1) is 15.4. The molecule has 0 aromatic heterocycles. The molecule has 1 aliphatic carbocycles. The number of amidine groups is 1. The monoisotopic (exact) mass is 260 g/mol. The van der Waals surface area contributed by atoms with Crippen LogP contribution in [0.5, 0.6) is 0 Å². The summed E-state index contributed by atoms with van der Waals surface area (Å²) in [5.41, 5.74) is -0.386. The van der Waals surface area contributed by atoms with Crippen LogP contribution in [0.3, 0.4) is 0 Å². The second-order valence-electron chi connectivity index (χ2n) is 4.68. The quantitative estimate of drug-likeness (QED) is 0.430. The maximum absolute atomic E-state index is 12.2. The van der Waals surface area contributed by atoms with Crippen LogP contribution in [0.2, 0.25) is 0 Å². The molecule has 94 valence electrons. The molecule has 5 nitrogen and oxygen atoms in total. The number of rotatable bonds is 1. The van der Waals surface area contributed by atoms with Crippen molar-refractivity contribution in [1.29, 1.82) is 0 Å². The van der Waals surface area contributed by atoms with Crippen molar-refractivity contribution < 1.29 is 14.7 Å². The predicted molar refractivity (Wildman–Crippen MR) is 69.6 cm³/mol. The van der Waals surface area contributed by atoms with E-state index in [1.54, 1.807) is 6.92 Å². The molecule has 0 unspecified atom stereocenters. The van der Waals surface area contributed by atoms with Crippen LogP contribution in [-0.4, -0.2) is 64.4 Å². The summed E-state index contributed by atoms with van der Waals surface area (Å²) in [7, 11) is 1.43. The molecule has 0 saturated heterocycles. The number of amides is 2. The molecule has 0 saturated carbocycles. The summed E-state index contributed by atoms with van der Waals surface area (Å²) in [5.74, 6) is -0.964. The van der Waals surface area contributed by atoms with E-state index in [9.17, 15) is 14.7 Å². The fourth-order valence-corrected chi connectivity index (χ4v) is 2.36. The Morgan fingerprint density at radius 1 is 1.39 bits per heavy atom. The Labute approximate surface area is 128 Å². The molecule has 2 amide bonds. The molecular weight excluding hydrogens is 243 g/mol. The summed E-state index contributed by atoms with van der Waals surface area (Å²) in [5, 5.41) is 9.36. The van der Waals surface area contributed by atoms with Gasteiger partial charge in [-0.1, -0.05) is 6.08 Å². The van der Waals surface area contributed by atoms with E-state index in [0.29, 0.717) is 0 Å². The molecule has 0 bridgehead atoms. The van der Waals surface area contributed by atoms with Crippen LogP contribution in [0.15, 0.2) is 16.6 Å². The summed E-state index contributed by atoms with van der Waals surface area (Å²) < 4.78 is 0. The maximum atomic E-state index is 12.2. The van der Waals surface area contributed by atoms with Gasteiger partial charge in [-0.15, -0.1) is 0 Å². The van der Waals surface area contributed by atoms with E-state index < -0.39 is 23.3 Å². The number of aliphatic hydroxyl groups is 1. The third-order valence-corrected chi connectivity index (χ3v) is 3.59. The molecule has 0 aromatic carbocycles. The predicted octanol–water partition coefficient (Wildman–Crippen LogP) is 0.757. The standard InChI is InChI=1S/C12H16N2O3.Na.H/c1-12(8-6-4-3-5-7-8)9(15)13-11(17)14(2)10(12)16;;/h6H,3-5,7H2,1-2H3,(H,13,15,17);;/t12-;;/m0../s1. The summed E-state index contributed by atoms with van der Waals surface area (Å²) in [6.45, 7) is 1.60. The first-order valence-corrected chi connectivity index (χ1v) is 5.77. The molecule has 0 radical (unpaired) electrons. The van der Waals surface area contributed by atoms with Crippen LogP contribution in [0.25, 0.3) is 0 Å². The van der Waals surface area contributed by atoms with Crippen molar-refractivity contribution in [2.75, 3.05) is 7.05 Å². The number of nitrogens with zero attached hydrogens (tertiary/aromatic N) is 2. The topological polar surface area (TPSA) is 70.0 Å². The van der Waals surface area contributed by atoms with Crippen LogP contribution >= 0.6 is 0 Å². The molecule has 1 aliphatic heterocycles. The zero-order valence-corrected chi connectivity index (χ0v) is 10.1. The van der Waals surface area contributed by atoms with Gasteiger partial charge in [-0.25, -0.2) is 0 Å². The fourth-order valence-electron chi connectivity index (χ4n) is 2.36. The molecule has 1 heterocycles. The van der Waals surface area contributed by atoms with E-state index in [-0.39, 0.29) is 29.6 Å². The fraction of sp³-hybridized carbons (Fsp3) is 0.583. The minimum absolute atomic E-state index is 0. The third kappa shape index (κ3) is 2.27. The molecule has 6 heteroatoms. The van der Waals surface area contributed by atoms with Gasteiger partial charge in [0.1, 0.15) is 5.41 Å². The molecule has 2 aliphatic rings. The van der Waals surface area contributed by atoms with E-state index >= 15 is 0 Å². The van der Waals surface area contributed by atoms with E-state index in [2.05, 4.69) is 4.99 Å². The van der Waals surface area contributed by atoms with Gasteiger partial charge in [0.05, 0.1) is 0 Å². The Hall–Kier alpha value is -0.650. The van der Waals surface area contributed by atoms with Crippen molar-refractivity contribution >= 4 is 47.4 Å². The number of hydrogen-bond acceptors (Lipinski definition) is 2. The van der Waals surface area contributed by atoms with Crippen LogP contribution in [0.1, 0.15) is 32.6 Å². The number of aliphatic hydroxyl groups excluding tert-OH is 1. The number of hydrogen-bond donors (Lipinski definition) is 1. The molecule has 1 N–H and O–H groups in total. The first-order chi connectivity index (χ1) is 7.98. The van der Waals surface area contributed by atoms with Crippen LogP contribution < -0.4 is 0 Å². The Kier molecular flexibility index (Phi) is 4.75. The third-order valence-electron chi connectivity index (χ3n) is 3.59. The number of carbonyl (C=O) groups excluding carboxylic acids is 2. The minimum atomic E-state index is -1.22. The molecule has 0 aromatic rings. The summed E-state index contributed by atoms with van der Waals surface area (Å²) in [4.78, 5) is 28.7. The molecule has 0 spiro atoms. The van der Waals surface area contributed by atoms with Gasteiger partial charge in [0, 0.05) is 7.05 Å². The second kappa shape index (κ2) is 5.55. The van der Waals surface area contributed by atoms with Gasteiger partial charge in [0.25, 0.3) is 11.9 Å². The van der Waals surface area contributed by atoms with Crippen LogP contribution in [-0.2, 0) is 9.59 Å². The first-order valence-electron chi connectivity index (χ1n) is 5.77. The summed E-state index contributed by atoms with van der Waals surface area (Å²) >= 11 is 0. The summed E-state index contributed by atoms with van der Waals surface area (Å²) in [6, 6.07) is -0.520. The van der Waals surface area contributed by atoms with Crippen molar-refractivity contribution in [3.63, 3.8) is 0 Å². The van der Waals surface area contributed by atoms with Gasteiger partial charge in [0.15, 0.2) is 0 Å². The molecular formula is C12H17N2NaO3. The van der Waals surface area contributed by atoms with E-state index in [4.69, 9.17) is 0 Å². The van der Waals surface area contributed by atoms with Crippen molar-refractivity contribution in [1.82, 2.24) is 4.90 Å². The zero-order valence-electron chi connectivity index (χ0n) is 10.1. The second-order valence-corrected chi connectivity index (χ2v) is 4.68. The SMILES string of the molecule is CN1C(=O)[C@@](C)(C2=CCCCC2)C(=O)N=C1O.[NaH]. The molecule has 1 atom stereocenters. The van der Waals surface area contributed by atoms with Crippen molar-refractivity contribution in [3.8, 4) is 0 Å². The van der Waals surface area contributed by atoms with Gasteiger partial charge in [0.2, 0.25) is 5.91 Å². The Balaban J connectivity index is 0.00000162. The van der Waals surface area contributed by atoms with Gasteiger partial charge < -0.3 is 5.11 Å². The average Bonchev–Trinajstić information content (AvgIpc) is 2.35. The van der Waals surface area contributed by atoms with Gasteiger partial charge >= 0.3 is 29.6 Å². The molecule has 2 rings (SSSR count). The Bertz CT molecular complexity index is 445. The van der Waals surface area contributed by atoms with Crippen molar-refractivity contribution in [2.45, 2.75) is 32.6 Å². The number of aliphatic imine (C=N–C) groups is 1. The Morgan fingerprint density at radius 3 is 2.61 bits per heavy atom. The normalized spacial score (nSPS) is 28.4. The Morgan fingerprint density at radius 2 is 2.06 bits per heavy atom. The molecule has 18 heavy (non-hydrogen) atoms. The molecule has 0 fully saturated rings. The van der Waals surface area contributed by atoms with Crippen LogP contribution in [0.4, 0.5) is 0 Å². The van der Waals surface area contributed by atoms with E-state index in [0.717, 1.165) is 36.2 Å². The van der Waals surface area contributed by atoms with Gasteiger partial charge in [-0.2, -0.15) is 4.99 Å². The van der Waals surface area contributed by atoms with E-state index in [1.165, 1.54) is 7.05 Å². The van der Waals surface area contributed by atoms with Gasteiger partial charge in [-0.05, 0) is 38.2 Å². The number of allylic oxidation sites excluding steroid dienone is 1. The van der Waals surface area contributed by atoms with Crippen molar-refractivity contribution in [2.24, 2.45) is 10.4 Å². The average molecular weight is 260 g/mol.